The van der Waals surface area contributed by atoms with Crippen LogP contribution in [0.4, 0.5) is 0 Å². The van der Waals surface area contributed by atoms with Crippen molar-refractivity contribution >= 4 is 5.91 Å². The number of ether oxygens (including phenoxy) is 4. The molecule has 2 rings (SSSR count). The average Bonchev–Trinajstić information content (AvgIpc) is 3.71. The van der Waals surface area contributed by atoms with Crippen LogP contribution in [0, 0.1) is 0 Å². The summed E-state index contributed by atoms with van der Waals surface area (Å²) >= 11 is 0. The van der Waals surface area contributed by atoms with E-state index in [0.717, 1.165) is 89.9 Å². The molecule has 2 fully saturated rings. The molecule has 0 aliphatic carbocycles. The summed E-state index contributed by atoms with van der Waals surface area (Å²) < 4.78 is 22.9. The molecule has 0 aromatic rings. The lowest BCUT2D eigenvalue weighted by atomic mass is 9.97. The summed E-state index contributed by atoms with van der Waals surface area (Å²) in [5.74, 6) is -0.205. The largest absolute Gasteiger partial charge is 0.394 e. The standard InChI is InChI=1S/C73H131NO13/c1-3-5-7-9-11-13-15-17-19-21-23-24-25-26-27-28-29-30-31-32-33-34-35-36-37-38-39-41-43-45-47-49-51-53-55-57-65(78)74-61(62(77)56-54-52-50-48-46-44-42-40-22-20-18-16-14-12-10-8-6-4-2)60-84-72-70(83)68(81)71(64(59-76)86-72)87-73-69(82)67(80)66(79)63(58-75)85-73/h5,7,11,13,17,19,23-24,26-27,29-30,61-64,66-73,75-77,79-83H,3-4,6,8-10,12,14-16,18,20-22,25,28,31-60H2,1-2H3,(H,74,78)/b7-5-,13-11-,19-17-,24-23-,27-26-,30-29-. The zero-order chi connectivity index (χ0) is 63.1. The topological polar surface area (TPSA) is 228 Å². The molecule has 14 nitrogen and oxygen atoms in total. The highest BCUT2D eigenvalue weighted by Gasteiger charge is 2.51. The molecule has 2 aliphatic heterocycles. The fraction of sp³-hybridized carbons (Fsp3) is 0.822. The lowest BCUT2D eigenvalue weighted by molar-refractivity contribution is -0.359. The molecule has 0 aromatic carbocycles. The molecule has 2 aliphatic rings. The molecule has 0 spiro atoms. The quantitative estimate of drug-likeness (QED) is 0.0204. The Hall–Kier alpha value is -2.57. The Morgan fingerprint density at radius 1 is 0.425 bits per heavy atom. The van der Waals surface area contributed by atoms with Gasteiger partial charge >= 0.3 is 0 Å². The fourth-order valence-corrected chi connectivity index (χ4v) is 11.5. The van der Waals surface area contributed by atoms with E-state index >= 15 is 0 Å². The van der Waals surface area contributed by atoms with Crippen LogP contribution in [0.3, 0.4) is 0 Å². The predicted octanol–water partition coefficient (Wildman–Crippen LogP) is 14.6. The summed E-state index contributed by atoms with van der Waals surface area (Å²) in [6.07, 6.45) is 60.6. The third-order valence-electron chi connectivity index (χ3n) is 17.2. The van der Waals surface area contributed by atoms with Gasteiger partial charge in [-0.3, -0.25) is 4.79 Å². The zero-order valence-electron chi connectivity index (χ0n) is 55.0. The Bertz CT molecular complexity index is 1740. The van der Waals surface area contributed by atoms with E-state index in [2.05, 4.69) is 92.1 Å². The van der Waals surface area contributed by atoms with Gasteiger partial charge in [0.05, 0.1) is 32.0 Å². The van der Waals surface area contributed by atoms with Crippen molar-refractivity contribution in [3.8, 4) is 0 Å². The summed E-state index contributed by atoms with van der Waals surface area (Å²) in [4.78, 5) is 13.4. The van der Waals surface area contributed by atoms with E-state index in [9.17, 15) is 45.6 Å². The average molecular weight is 1230 g/mol. The van der Waals surface area contributed by atoms with Gasteiger partial charge in [-0.1, -0.05) is 292 Å². The smallest absolute Gasteiger partial charge is 0.220 e. The molecule has 14 heteroatoms. The summed E-state index contributed by atoms with van der Waals surface area (Å²) in [6, 6.07) is -0.831. The molecule has 12 unspecified atom stereocenters. The Morgan fingerprint density at radius 3 is 1.22 bits per heavy atom. The lowest BCUT2D eigenvalue weighted by Gasteiger charge is -2.46. The molecule has 0 bridgehead atoms. The SMILES string of the molecule is CC/C=C\C/C=C\C/C=C\C/C=C\C/C=C\C/C=C\CCCCCCCCCCCCCCCCCCC(=O)NC(COC1OC(CO)C(OC2OC(CO)C(O)C(O)C2O)C(O)C1O)C(O)CCCCCCCCCCCCCCCCCCCC. The Kier molecular flexibility index (Phi) is 53.1. The first kappa shape index (κ1) is 80.5. The van der Waals surface area contributed by atoms with Crippen LogP contribution >= 0.6 is 0 Å². The van der Waals surface area contributed by atoms with Crippen molar-refractivity contribution in [2.75, 3.05) is 19.8 Å². The lowest BCUT2D eigenvalue weighted by Crippen LogP contribution is -2.65. The number of aliphatic hydroxyl groups excluding tert-OH is 8. The van der Waals surface area contributed by atoms with Gasteiger partial charge in [-0.2, -0.15) is 0 Å². The van der Waals surface area contributed by atoms with Crippen molar-refractivity contribution < 1.29 is 64.6 Å². The van der Waals surface area contributed by atoms with Crippen LogP contribution in [0.15, 0.2) is 72.9 Å². The molecule has 0 radical (unpaired) electrons. The van der Waals surface area contributed by atoms with Gasteiger partial charge in [0, 0.05) is 6.42 Å². The van der Waals surface area contributed by atoms with E-state index in [-0.39, 0.29) is 12.5 Å². The number of hydrogen-bond acceptors (Lipinski definition) is 13. The van der Waals surface area contributed by atoms with E-state index in [4.69, 9.17) is 18.9 Å². The summed E-state index contributed by atoms with van der Waals surface area (Å²) in [5, 5.41) is 87.6. The highest BCUT2D eigenvalue weighted by molar-refractivity contribution is 5.76. The number of nitrogens with one attached hydrogen (secondary N) is 1. The second kappa shape index (κ2) is 57.3. The van der Waals surface area contributed by atoms with Crippen molar-refractivity contribution in [3.63, 3.8) is 0 Å². The molecule has 87 heavy (non-hydrogen) atoms. The maximum absolute atomic E-state index is 13.4. The van der Waals surface area contributed by atoms with Crippen LogP contribution in [0.2, 0.25) is 0 Å². The van der Waals surface area contributed by atoms with E-state index in [1.807, 2.05) is 0 Å². The number of amides is 1. The molecule has 12 atom stereocenters. The number of aliphatic hydroxyl groups is 8. The number of carbonyl (C=O) groups is 1. The number of rotatable bonds is 58. The van der Waals surface area contributed by atoms with Gasteiger partial charge in [0.1, 0.15) is 48.8 Å². The normalized spacial score (nSPS) is 23.7. The fourth-order valence-electron chi connectivity index (χ4n) is 11.5. The first-order valence-corrected chi connectivity index (χ1v) is 35.7. The van der Waals surface area contributed by atoms with Gasteiger partial charge in [0.15, 0.2) is 12.6 Å². The van der Waals surface area contributed by atoms with Gasteiger partial charge < -0.3 is 65.1 Å². The van der Waals surface area contributed by atoms with E-state index in [1.54, 1.807) is 0 Å². The molecule has 0 aromatic heterocycles. The van der Waals surface area contributed by atoms with E-state index in [1.165, 1.54) is 173 Å². The van der Waals surface area contributed by atoms with Crippen LogP contribution in [0.1, 0.15) is 290 Å². The predicted molar refractivity (Wildman–Crippen MR) is 355 cm³/mol. The molecule has 506 valence electrons. The molecular formula is C73H131NO13. The summed E-state index contributed by atoms with van der Waals surface area (Å²) in [6.45, 7) is 2.78. The maximum Gasteiger partial charge on any atom is 0.220 e. The third-order valence-corrected chi connectivity index (χ3v) is 17.2. The van der Waals surface area contributed by atoms with Gasteiger partial charge in [-0.05, 0) is 64.2 Å². The highest BCUT2D eigenvalue weighted by atomic mass is 16.7. The van der Waals surface area contributed by atoms with Gasteiger partial charge in [-0.25, -0.2) is 0 Å². The van der Waals surface area contributed by atoms with E-state index < -0.39 is 86.8 Å². The Balaban J connectivity index is 1.62. The molecule has 2 saturated heterocycles. The minimum atomic E-state index is -1.78. The highest BCUT2D eigenvalue weighted by Crippen LogP contribution is 2.30. The molecule has 0 saturated carbocycles. The summed E-state index contributed by atoms with van der Waals surface area (Å²) in [7, 11) is 0. The Labute approximate surface area is 529 Å². The van der Waals surface area contributed by atoms with Gasteiger partial charge in [-0.15, -0.1) is 0 Å². The Morgan fingerprint density at radius 2 is 0.793 bits per heavy atom. The minimum Gasteiger partial charge on any atom is -0.394 e. The van der Waals surface area contributed by atoms with Crippen molar-refractivity contribution in [1.82, 2.24) is 5.32 Å². The van der Waals surface area contributed by atoms with Crippen molar-refractivity contribution in [2.24, 2.45) is 0 Å². The van der Waals surface area contributed by atoms with Crippen LogP contribution in [-0.2, 0) is 23.7 Å². The van der Waals surface area contributed by atoms with Gasteiger partial charge in [0.25, 0.3) is 0 Å². The maximum atomic E-state index is 13.4. The summed E-state index contributed by atoms with van der Waals surface area (Å²) in [5.41, 5.74) is 0. The second-order valence-corrected chi connectivity index (χ2v) is 25.0. The number of carbonyl (C=O) groups excluding carboxylic acids is 1. The van der Waals surface area contributed by atoms with Crippen LogP contribution in [0.25, 0.3) is 0 Å². The second-order valence-electron chi connectivity index (χ2n) is 25.0. The first-order valence-electron chi connectivity index (χ1n) is 35.7. The monoisotopic (exact) mass is 1230 g/mol. The number of allylic oxidation sites excluding steroid dienone is 12. The zero-order valence-corrected chi connectivity index (χ0v) is 55.0. The number of hydrogen-bond donors (Lipinski definition) is 9. The van der Waals surface area contributed by atoms with Crippen LogP contribution < -0.4 is 5.32 Å². The van der Waals surface area contributed by atoms with Crippen molar-refractivity contribution in [2.45, 2.75) is 364 Å². The molecule has 9 N–H and O–H groups in total. The number of unbranched alkanes of at least 4 members (excludes halogenated alkanes) is 33. The first-order chi connectivity index (χ1) is 42.6. The van der Waals surface area contributed by atoms with Crippen LogP contribution in [-0.4, -0.2) is 140 Å². The molecule has 2 heterocycles. The van der Waals surface area contributed by atoms with Crippen LogP contribution in [0.5, 0.6) is 0 Å². The minimum absolute atomic E-state index is 0.205. The van der Waals surface area contributed by atoms with Gasteiger partial charge in [0.2, 0.25) is 5.91 Å². The molecule has 1 amide bonds. The molecular weight excluding hydrogens is 1100 g/mol. The van der Waals surface area contributed by atoms with Crippen molar-refractivity contribution in [1.29, 1.82) is 0 Å². The van der Waals surface area contributed by atoms with E-state index in [0.29, 0.717) is 12.8 Å². The third kappa shape index (κ3) is 41.5. The van der Waals surface area contributed by atoms with Crippen molar-refractivity contribution in [3.05, 3.63) is 72.9 Å².